The van der Waals surface area contributed by atoms with Crippen LogP contribution in [0.3, 0.4) is 0 Å². The molecule has 202 valence electrons. The average molecular weight is 556 g/mol. The molecule has 7 nitrogen and oxygen atoms in total. The van der Waals surface area contributed by atoms with Crippen LogP contribution in [0, 0.1) is 0 Å². The number of benzene rings is 2. The van der Waals surface area contributed by atoms with Gasteiger partial charge in [-0.05, 0) is 61.6 Å². The van der Waals surface area contributed by atoms with Crippen LogP contribution in [0.5, 0.6) is 0 Å². The number of amides is 1. The van der Waals surface area contributed by atoms with Gasteiger partial charge in [0.15, 0.2) is 0 Å². The Hall–Kier alpha value is -3.70. The summed E-state index contributed by atoms with van der Waals surface area (Å²) in [6.45, 7) is 0.206. The van der Waals surface area contributed by atoms with E-state index in [0.29, 0.717) is 47.9 Å². The van der Waals surface area contributed by atoms with E-state index in [1.54, 1.807) is 42.6 Å². The van der Waals surface area contributed by atoms with Gasteiger partial charge in [0.05, 0.1) is 16.8 Å². The number of halogens is 3. The number of rotatable bonds is 6. The smallest absolute Gasteiger partial charge is 0.416 e. The van der Waals surface area contributed by atoms with Gasteiger partial charge in [-0.15, -0.1) is 0 Å². The van der Waals surface area contributed by atoms with Crippen molar-refractivity contribution in [2.75, 3.05) is 6.54 Å². The van der Waals surface area contributed by atoms with Crippen LogP contribution in [0.25, 0.3) is 22.2 Å². The van der Waals surface area contributed by atoms with Crippen molar-refractivity contribution >= 4 is 26.9 Å². The van der Waals surface area contributed by atoms with Crippen LogP contribution in [-0.2, 0) is 26.5 Å². The fourth-order valence-electron chi connectivity index (χ4n) is 5.14. The van der Waals surface area contributed by atoms with Gasteiger partial charge >= 0.3 is 6.18 Å². The summed E-state index contributed by atoms with van der Waals surface area (Å²) >= 11 is 0. The molecule has 1 aliphatic heterocycles. The van der Waals surface area contributed by atoms with E-state index in [0.717, 1.165) is 17.7 Å². The van der Waals surface area contributed by atoms with Gasteiger partial charge in [0.2, 0.25) is 11.0 Å². The Labute approximate surface area is 222 Å². The predicted molar refractivity (Wildman–Crippen MR) is 137 cm³/mol. The van der Waals surface area contributed by atoms with E-state index in [1.807, 2.05) is 0 Å². The van der Waals surface area contributed by atoms with Crippen LogP contribution < -0.4 is 5.32 Å². The van der Waals surface area contributed by atoms with Crippen LogP contribution in [0.1, 0.15) is 36.8 Å². The third-order valence-corrected chi connectivity index (χ3v) is 9.17. The number of nitrogens with zero attached hydrogens (tertiary/aromatic N) is 2. The lowest BCUT2D eigenvalue weighted by atomic mass is 10.0. The fraction of sp³-hybridized carbons (Fsp3) is 0.286. The van der Waals surface area contributed by atoms with Crippen molar-refractivity contribution < 1.29 is 30.8 Å². The monoisotopic (exact) mass is 555 g/mol. The van der Waals surface area contributed by atoms with Gasteiger partial charge < -0.3 is 9.73 Å². The lowest BCUT2D eigenvalue weighted by Gasteiger charge is -2.26. The Kier molecular flexibility index (Phi) is 6.03. The SMILES string of the molecule is O=C(NC1(c2ccnc(-c3ccc(C(F)(F)F)cc3)c2)CC1)[C@@H]1CCCN1S(=O)(=O)c1cc2ccccc2o1. The Bertz CT molecular complexity index is 1630. The molecular weight excluding hydrogens is 531 g/mol. The number of para-hydroxylation sites is 1. The third-order valence-electron chi connectivity index (χ3n) is 7.41. The van der Waals surface area contributed by atoms with Gasteiger partial charge in [-0.25, -0.2) is 8.42 Å². The molecule has 4 aromatic rings. The molecule has 6 rings (SSSR count). The molecule has 0 bridgehead atoms. The normalized spacial score (nSPS) is 19.3. The van der Waals surface area contributed by atoms with Crippen molar-refractivity contribution in [3.8, 4) is 11.3 Å². The molecule has 0 spiro atoms. The van der Waals surface area contributed by atoms with E-state index in [1.165, 1.54) is 22.5 Å². The van der Waals surface area contributed by atoms with Crippen molar-refractivity contribution in [2.24, 2.45) is 0 Å². The molecule has 1 saturated heterocycles. The molecule has 1 amide bonds. The number of alkyl halides is 3. The molecule has 2 aromatic carbocycles. The van der Waals surface area contributed by atoms with Gasteiger partial charge in [0.1, 0.15) is 11.6 Å². The highest BCUT2D eigenvalue weighted by molar-refractivity contribution is 7.89. The van der Waals surface area contributed by atoms with Gasteiger partial charge in [-0.2, -0.15) is 17.5 Å². The largest absolute Gasteiger partial charge is 0.443 e. The second-order valence-corrected chi connectivity index (χ2v) is 11.8. The second-order valence-electron chi connectivity index (χ2n) is 9.95. The van der Waals surface area contributed by atoms with E-state index in [2.05, 4.69) is 10.3 Å². The van der Waals surface area contributed by atoms with E-state index in [-0.39, 0.29) is 11.6 Å². The predicted octanol–water partition coefficient (Wildman–Crippen LogP) is 5.47. The highest BCUT2D eigenvalue weighted by atomic mass is 32.2. The first-order valence-electron chi connectivity index (χ1n) is 12.5. The molecule has 11 heteroatoms. The molecule has 0 unspecified atom stereocenters. The fourth-order valence-corrected chi connectivity index (χ4v) is 6.74. The number of pyridine rings is 1. The minimum absolute atomic E-state index is 0.195. The first-order chi connectivity index (χ1) is 18.6. The van der Waals surface area contributed by atoms with Crippen LogP contribution in [-0.4, -0.2) is 36.2 Å². The maximum atomic E-state index is 13.5. The highest BCUT2D eigenvalue weighted by Crippen LogP contribution is 2.46. The van der Waals surface area contributed by atoms with E-state index in [4.69, 9.17) is 4.42 Å². The third kappa shape index (κ3) is 4.70. The quantitative estimate of drug-likeness (QED) is 0.341. The number of hydrogen-bond acceptors (Lipinski definition) is 5. The zero-order valence-electron chi connectivity index (χ0n) is 20.6. The minimum Gasteiger partial charge on any atom is -0.443 e. The van der Waals surface area contributed by atoms with E-state index >= 15 is 0 Å². The van der Waals surface area contributed by atoms with Crippen molar-refractivity contribution in [2.45, 2.75) is 48.5 Å². The van der Waals surface area contributed by atoms with Crippen LogP contribution >= 0.6 is 0 Å². The second kappa shape index (κ2) is 9.20. The molecule has 0 radical (unpaired) electrons. The molecule has 1 saturated carbocycles. The summed E-state index contributed by atoms with van der Waals surface area (Å²) in [6, 6.07) is 15.9. The summed E-state index contributed by atoms with van der Waals surface area (Å²) in [7, 11) is -4.04. The molecular formula is C28H24F3N3O4S. The summed E-state index contributed by atoms with van der Waals surface area (Å²) in [5.41, 5.74) is 0.799. The van der Waals surface area contributed by atoms with Crippen molar-refractivity contribution in [3.63, 3.8) is 0 Å². The van der Waals surface area contributed by atoms with Gasteiger partial charge in [-0.3, -0.25) is 9.78 Å². The zero-order chi connectivity index (χ0) is 27.4. The number of aromatic nitrogens is 1. The van der Waals surface area contributed by atoms with Crippen LogP contribution in [0.2, 0.25) is 0 Å². The summed E-state index contributed by atoms with van der Waals surface area (Å²) < 4.78 is 72.5. The molecule has 1 atom stereocenters. The first kappa shape index (κ1) is 25.6. The average Bonchev–Trinajstić information content (AvgIpc) is 3.32. The van der Waals surface area contributed by atoms with Crippen molar-refractivity contribution in [3.05, 3.63) is 84.1 Å². The molecule has 2 aliphatic rings. The first-order valence-corrected chi connectivity index (χ1v) is 14.0. The number of furan rings is 1. The number of carbonyl (C=O) groups is 1. The number of hydrogen-bond donors (Lipinski definition) is 1. The Morgan fingerprint density at radius 3 is 2.49 bits per heavy atom. The van der Waals surface area contributed by atoms with Crippen molar-refractivity contribution in [1.29, 1.82) is 0 Å². The lowest BCUT2D eigenvalue weighted by molar-refractivity contribution is -0.137. The number of carbonyl (C=O) groups excluding carboxylic acids is 1. The molecule has 3 heterocycles. The summed E-state index contributed by atoms with van der Waals surface area (Å²) in [5.74, 6) is -0.391. The minimum atomic E-state index is -4.43. The number of fused-ring (bicyclic) bond motifs is 1. The molecule has 1 aliphatic carbocycles. The van der Waals surface area contributed by atoms with Crippen molar-refractivity contribution in [1.82, 2.24) is 14.6 Å². The van der Waals surface area contributed by atoms with E-state index < -0.39 is 39.3 Å². The van der Waals surface area contributed by atoms with Crippen LogP contribution in [0.15, 0.2) is 82.4 Å². The maximum Gasteiger partial charge on any atom is 0.416 e. The molecule has 39 heavy (non-hydrogen) atoms. The zero-order valence-corrected chi connectivity index (χ0v) is 21.4. The Morgan fingerprint density at radius 1 is 1.05 bits per heavy atom. The molecule has 2 fully saturated rings. The van der Waals surface area contributed by atoms with Crippen LogP contribution in [0.4, 0.5) is 13.2 Å². The maximum absolute atomic E-state index is 13.5. The Balaban J connectivity index is 1.22. The number of nitrogens with one attached hydrogen (secondary N) is 1. The standard InChI is InChI=1S/C28H24F3N3O4S/c29-28(30,31)20-9-7-18(8-10-20)22-17-21(11-14-32-22)27(12-13-27)33-26(35)23-5-3-15-34(23)39(36,37)25-16-19-4-1-2-6-24(19)38-25/h1-2,4,6-11,14,16-17,23H,3,5,12-13,15H2,(H,33,35)/t23-/m0/s1. The molecule has 2 aromatic heterocycles. The van der Waals surface area contributed by atoms with Gasteiger partial charge in [0.25, 0.3) is 10.0 Å². The highest BCUT2D eigenvalue weighted by Gasteiger charge is 2.49. The molecule has 1 N–H and O–H groups in total. The summed E-state index contributed by atoms with van der Waals surface area (Å²) in [6.07, 6.45) is -0.645. The summed E-state index contributed by atoms with van der Waals surface area (Å²) in [4.78, 5) is 17.8. The lowest BCUT2D eigenvalue weighted by Crippen LogP contribution is -2.48. The Morgan fingerprint density at radius 2 is 1.79 bits per heavy atom. The summed E-state index contributed by atoms with van der Waals surface area (Å²) in [5, 5.41) is 3.53. The van der Waals surface area contributed by atoms with Gasteiger partial charge in [0, 0.05) is 29.8 Å². The number of sulfonamides is 1. The van der Waals surface area contributed by atoms with E-state index in [9.17, 15) is 26.4 Å². The van der Waals surface area contributed by atoms with Gasteiger partial charge in [-0.1, -0.05) is 30.3 Å². The topological polar surface area (TPSA) is 92.5 Å².